The van der Waals surface area contributed by atoms with Gasteiger partial charge in [-0.2, -0.15) is 31.8 Å². The molecule has 0 radical (unpaired) electrons. The second-order valence-electron chi connectivity index (χ2n) is 6.04. The van der Waals surface area contributed by atoms with Crippen LogP contribution in [0.2, 0.25) is 0 Å². The van der Waals surface area contributed by atoms with E-state index in [9.17, 15) is 36.6 Å². The fraction of sp³-hybridized carbons (Fsp3) is 0.400. The maximum Gasteiger partial charge on any atom is 0.438 e. The maximum absolute atomic E-state index is 13.4. The van der Waals surface area contributed by atoms with Gasteiger partial charge in [0.1, 0.15) is 5.75 Å². The number of hydrogen-bond acceptors (Lipinski definition) is 7. The van der Waals surface area contributed by atoms with Gasteiger partial charge in [-0.15, -0.1) is 11.3 Å². The molecule has 1 aliphatic rings. The second kappa shape index (κ2) is 6.47. The highest BCUT2D eigenvalue weighted by molar-refractivity contribution is 7.14. The monoisotopic (exact) mass is 429 g/mol. The van der Waals surface area contributed by atoms with Crippen LogP contribution in [0.5, 0.6) is 5.75 Å². The minimum Gasteiger partial charge on any atom is -0.497 e. The molecule has 13 heteroatoms. The SMILES string of the molecule is COc1ccc(-c2csc(N3N[C@@](O)(C(F)(F)F)C[C@@]3(O)C(F)(F)F)n2)cc1. The first-order chi connectivity index (χ1) is 12.8. The Balaban J connectivity index is 1.99. The van der Waals surface area contributed by atoms with Gasteiger partial charge in [-0.05, 0) is 24.3 Å². The van der Waals surface area contributed by atoms with Crippen LogP contribution in [-0.2, 0) is 0 Å². The fourth-order valence-corrected chi connectivity index (χ4v) is 3.47. The number of nitrogens with zero attached hydrogens (tertiary/aromatic N) is 2. The summed E-state index contributed by atoms with van der Waals surface area (Å²) in [6, 6.07) is 6.24. The fourth-order valence-electron chi connectivity index (χ4n) is 2.61. The predicted molar refractivity (Wildman–Crippen MR) is 86.3 cm³/mol. The normalized spacial score (nSPS) is 26.0. The van der Waals surface area contributed by atoms with Gasteiger partial charge in [0.2, 0.25) is 10.9 Å². The summed E-state index contributed by atoms with van der Waals surface area (Å²) in [7, 11) is 1.44. The van der Waals surface area contributed by atoms with Crippen molar-refractivity contribution < 1.29 is 41.3 Å². The van der Waals surface area contributed by atoms with E-state index in [1.165, 1.54) is 17.9 Å². The number of alkyl halides is 6. The Morgan fingerprint density at radius 3 is 2.21 bits per heavy atom. The molecule has 1 aromatic heterocycles. The lowest BCUT2D eigenvalue weighted by molar-refractivity contribution is -0.291. The van der Waals surface area contributed by atoms with Gasteiger partial charge in [0.25, 0.3) is 5.72 Å². The van der Waals surface area contributed by atoms with Crippen molar-refractivity contribution in [1.82, 2.24) is 10.4 Å². The smallest absolute Gasteiger partial charge is 0.438 e. The molecule has 1 aromatic carbocycles. The zero-order valence-corrected chi connectivity index (χ0v) is 14.8. The third kappa shape index (κ3) is 3.27. The lowest BCUT2D eigenvalue weighted by Gasteiger charge is -2.33. The third-order valence-electron chi connectivity index (χ3n) is 4.16. The molecule has 2 heterocycles. The van der Waals surface area contributed by atoms with Crippen molar-refractivity contribution in [1.29, 1.82) is 0 Å². The number of hydrogen-bond donors (Lipinski definition) is 3. The van der Waals surface area contributed by atoms with Crippen molar-refractivity contribution in [2.45, 2.75) is 30.2 Å². The van der Waals surface area contributed by atoms with E-state index in [0.29, 0.717) is 22.6 Å². The van der Waals surface area contributed by atoms with Crippen LogP contribution in [0.25, 0.3) is 11.3 Å². The molecule has 0 bridgehead atoms. The number of nitrogens with one attached hydrogen (secondary N) is 1. The number of methoxy groups -OCH3 is 1. The number of rotatable bonds is 3. The summed E-state index contributed by atoms with van der Waals surface area (Å²) in [6.45, 7) is 0. The number of thiazole rings is 1. The predicted octanol–water partition coefficient (Wildman–Crippen LogP) is 3.04. The number of anilines is 1. The van der Waals surface area contributed by atoms with Crippen molar-refractivity contribution >= 4 is 16.5 Å². The van der Waals surface area contributed by atoms with Crippen LogP contribution in [0, 0.1) is 0 Å². The Kier molecular flexibility index (Phi) is 4.77. The summed E-state index contributed by atoms with van der Waals surface area (Å²) in [5, 5.41) is 20.2. The molecule has 0 saturated carbocycles. The Hall–Kier alpha value is -2.09. The first-order valence-corrected chi connectivity index (χ1v) is 8.45. The molecule has 0 aliphatic carbocycles. The molecule has 6 nitrogen and oxygen atoms in total. The van der Waals surface area contributed by atoms with Crippen LogP contribution in [-0.4, -0.2) is 46.1 Å². The first kappa shape index (κ1) is 20.6. The van der Waals surface area contributed by atoms with Crippen LogP contribution >= 0.6 is 11.3 Å². The molecule has 1 fully saturated rings. The van der Waals surface area contributed by atoms with Gasteiger partial charge in [0, 0.05) is 10.9 Å². The summed E-state index contributed by atoms with van der Waals surface area (Å²) in [6.07, 6.45) is -13.1. The number of halogens is 6. The minimum absolute atomic E-state index is 0.163. The first-order valence-electron chi connectivity index (χ1n) is 7.57. The average Bonchev–Trinajstić information content (AvgIpc) is 3.17. The molecular formula is C15H13F6N3O3S. The van der Waals surface area contributed by atoms with E-state index in [1.807, 2.05) is 0 Å². The van der Waals surface area contributed by atoms with E-state index in [4.69, 9.17) is 4.74 Å². The van der Waals surface area contributed by atoms with E-state index >= 15 is 0 Å². The second-order valence-corrected chi connectivity index (χ2v) is 6.88. The Labute approximate surface area is 158 Å². The van der Waals surface area contributed by atoms with E-state index in [0.717, 1.165) is 0 Å². The summed E-state index contributed by atoms with van der Waals surface area (Å²) in [5.41, 5.74) is -6.05. The largest absolute Gasteiger partial charge is 0.497 e. The number of aromatic nitrogens is 1. The zero-order chi connectivity index (χ0) is 21.0. The van der Waals surface area contributed by atoms with Crippen LogP contribution < -0.4 is 15.2 Å². The van der Waals surface area contributed by atoms with Crippen molar-refractivity contribution in [2.75, 3.05) is 12.1 Å². The van der Waals surface area contributed by atoms with Gasteiger partial charge in [0.15, 0.2) is 0 Å². The molecule has 154 valence electrons. The molecule has 0 amide bonds. The van der Waals surface area contributed by atoms with Crippen LogP contribution in [0.3, 0.4) is 0 Å². The summed E-state index contributed by atoms with van der Waals surface area (Å²) < 4.78 is 84.3. The number of hydrazine groups is 1. The van der Waals surface area contributed by atoms with E-state index in [2.05, 4.69) is 4.98 Å². The standard InChI is InChI=1S/C15H13F6N3O3S/c1-27-9-4-2-8(3-5-9)10-6-28-11(22-10)24-13(26,15(19,20)21)7-12(25,23-24)14(16,17)18/h2-6,23,25-26H,7H2,1H3/t12-,13+/m0/s1. The van der Waals surface area contributed by atoms with Gasteiger partial charge in [0.05, 0.1) is 19.2 Å². The van der Waals surface area contributed by atoms with E-state index in [1.54, 1.807) is 24.3 Å². The summed E-state index contributed by atoms with van der Waals surface area (Å²) in [4.78, 5) is 3.88. The van der Waals surface area contributed by atoms with Gasteiger partial charge in [-0.3, -0.25) is 0 Å². The van der Waals surface area contributed by atoms with Gasteiger partial charge < -0.3 is 14.9 Å². The van der Waals surface area contributed by atoms with Crippen molar-refractivity contribution in [3.05, 3.63) is 29.6 Å². The van der Waals surface area contributed by atoms with Gasteiger partial charge >= 0.3 is 12.4 Å². The summed E-state index contributed by atoms with van der Waals surface area (Å²) in [5.74, 6) is 0.516. The van der Waals surface area contributed by atoms with Gasteiger partial charge in [-0.1, -0.05) is 0 Å². The number of benzene rings is 1. The molecule has 28 heavy (non-hydrogen) atoms. The molecule has 3 rings (SSSR count). The number of ether oxygens (including phenoxy) is 1. The topological polar surface area (TPSA) is 77.9 Å². The third-order valence-corrected chi connectivity index (χ3v) is 4.99. The van der Waals surface area contributed by atoms with Crippen molar-refractivity contribution in [3.8, 4) is 17.0 Å². The van der Waals surface area contributed by atoms with Gasteiger partial charge in [-0.25, -0.2) is 9.99 Å². The Morgan fingerprint density at radius 1 is 1.11 bits per heavy atom. The van der Waals surface area contributed by atoms with Crippen molar-refractivity contribution in [2.24, 2.45) is 0 Å². The quantitative estimate of drug-likeness (QED) is 0.652. The van der Waals surface area contributed by atoms with Crippen molar-refractivity contribution in [3.63, 3.8) is 0 Å². The van der Waals surface area contributed by atoms with E-state index in [-0.39, 0.29) is 10.7 Å². The molecule has 0 unspecified atom stereocenters. The molecule has 2 aromatic rings. The molecule has 2 atom stereocenters. The summed E-state index contributed by atoms with van der Waals surface area (Å²) >= 11 is 0.564. The lowest BCUT2D eigenvalue weighted by atomic mass is 10.0. The average molecular weight is 429 g/mol. The molecule has 1 aliphatic heterocycles. The lowest BCUT2D eigenvalue weighted by Crippen LogP contribution is -2.59. The maximum atomic E-state index is 13.4. The molecular weight excluding hydrogens is 416 g/mol. The highest BCUT2D eigenvalue weighted by atomic mass is 32.1. The van der Waals surface area contributed by atoms with Crippen LogP contribution in [0.4, 0.5) is 31.5 Å². The molecule has 1 saturated heterocycles. The Bertz CT molecular complexity index is 856. The molecule has 3 N–H and O–H groups in total. The van der Waals surface area contributed by atoms with Crippen LogP contribution in [0.1, 0.15) is 6.42 Å². The minimum atomic E-state index is -5.51. The zero-order valence-electron chi connectivity index (χ0n) is 14.0. The highest BCUT2D eigenvalue weighted by Gasteiger charge is 2.73. The highest BCUT2D eigenvalue weighted by Crippen LogP contribution is 2.49. The Morgan fingerprint density at radius 2 is 1.71 bits per heavy atom. The van der Waals surface area contributed by atoms with Crippen LogP contribution in [0.15, 0.2) is 29.6 Å². The van der Waals surface area contributed by atoms with E-state index < -0.39 is 35.4 Å². The molecule has 0 spiro atoms. The number of aliphatic hydroxyl groups is 2.